The fourth-order valence-corrected chi connectivity index (χ4v) is 3.80. The summed E-state index contributed by atoms with van der Waals surface area (Å²) in [4.78, 5) is 24.3. The minimum absolute atomic E-state index is 0.0407. The topological polar surface area (TPSA) is 71.5 Å². The van der Waals surface area contributed by atoms with Crippen LogP contribution in [0.25, 0.3) is 0 Å². The summed E-state index contributed by atoms with van der Waals surface area (Å²) in [6, 6.07) is 14.5. The van der Waals surface area contributed by atoms with Gasteiger partial charge < -0.3 is 0 Å². The molecular formula is C15H11NO4S. The van der Waals surface area contributed by atoms with E-state index in [0.717, 1.165) is 0 Å². The van der Waals surface area contributed by atoms with Gasteiger partial charge in [0, 0.05) is 0 Å². The second-order valence-corrected chi connectivity index (χ2v) is 6.38. The summed E-state index contributed by atoms with van der Waals surface area (Å²) in [5.74, 6) is -1.53. The number of amides is 2. The van der Waals surface area contributed by atoms with Crippen LogP contribution in [0.2, 0.25) is 0 Å². The van der Waals surface area contributed by atoms with Crippen LogP contribution in [-0.2, 0) is 21.2 Å². The molecule has 2 aromatic rings. The zero-order valence-electron chi connectivity index (χ0n) is 10.9. The molecule has 2 amide bonds. The maximum Gasteiger partial charge on any atom is 0.276 e. The number of fused-ring (bicyclic) bond motifs is 1. The lowest BCUT2D eigenvalue weighted by Crippen LogP contribution is -2.37. The molecule has 0 saturated carbocycles. The fraction of sp³-hybridized carbons (Fsp3) is 0.0667. The van der Waals surface area contributed by atoms with Crippen molar-refractivity contribution in [3.05, 3.63) is 65.7 Å². The molecular weight excluding hydrogens is 290 g/mol. The number of rotatable bonds is 2. The van der Waals surface area contributed by atoms with Crippen LogP contribution in [0, 0.1) is 0 Å². The third-order valence-electron chi connectivity index (χ3n) is 3.24. The summed E-state index contributed by atoms with van der Waals surface area (Å²) in [7, 11) is -4.08. The Morgan fingerprint density at radius 2 is 1.57 bits per heavy atom. The fourth-order valence-electron chi connectivity index (χ4n) is 2.27. The van der Waals surface area contributed by atoms with Crippen molar-refractivity contribution in [1.82, 2.24) is 4.31 Å². The van der Waals surface area contributed by atoms with Gasteiger partial charge in [-0.15, -0.1) is 0 Å². The first-order chi connectivity index (χ1) is 10.0. The Morgan fingerprint density at radius 3 is 2.24 bits per heavy atom. The molecule has 0 aromatic heterocycles. The summed E-state index contributed by atoms with van der Waals surface area (Å²) in [5, 5.41) is 0. The summed E-state index contributed by atoms with van der Waals surface area (Å²) in [6.45, 7) is 0. The minimum Gasteiger partial charge on any atom is -0.273 e. The molecule has 0 saturated heterocycles. The summed E-state index contributed by atoms with van der Waals surface area (Å²) >= 11 is 0. The van der Waals surface area contributed by atoms with E-state index >= 15 is 0 Å². The van der Waals surface area contributed by atoms with Crippen molar-refractivity contribution in [2.75, 3.05) is 0 Å². The van der Waals surface area contributed by atoms with Crippen LogP contribution in [0.3, 0.4) is 0 Å². The van der Waals surface area contributed by atoms with E-state index in [1.165, 1.54) is 18.2 Å². The van der Waals surface area contributed by atoms with Gasteiger partial charge in [0.2, 0.25) is 5.91 Å². The number of hydrogen-bond acceptors (Lipinski definition) is 4. The molecule has 1 heterocycles. The highest BCUT2D eigenvalue weighted by molar-refractivity contribution is 7.90. The Kier molecular flexibility index (Phi) is 3.10. The number of hydrogen-bond donors (Lipinski definition) is 0. The molecule has 5 nitrogen and oxygen atoms in total. The van der Waals surface area contributed by atoms with Gasteiger partial charge in [-0.1, -0.05) is 42.5 Å². The lowest BCUT2D eigenvalue weighted by molar-refractivity contribution is -0.123. The predicted molar refractivity (Wildman–Crippen MR) is 75.0 cm³/mol. The molecule has 1 aliphatic rings. The quantitative estimate of drug-likeness (QED) is 0.844. The Balaban J connectivity index is 1.97. The molecule has 21 heavy (non-hydrogen) atoms. The van der Waals surface area contributed by atoms with Crippen molar-refractivity contribution in [3.63, 3.8) is 0 Å². The number of nitrogens with zero attached hydrogens (tertiary/aromatic N) is 1. The molecule has 2 aromatic carbocycles. The molecule has 0 atom stereocenters. The molecule has 1 aliphatic heterocycles. The minimum atomic E-state index is -4.08. The molecule has 0 spiro atoms. The van der Waals surface area contributed by atoms with Gasteiger partial charge in [-0.2, -0.15) is 4.31 Å². The van der Waals surface area contributed by atoms with Crippen LogP contribution in [-0.4, -0.2) is 24.5 Å². The molecule has 3 rings (SSSR count). The van der Waals surface area contributed by atoms with E-state index in [1.54, 1.807) is 36.4 Å². The van der Waals surface area contributed by atoms with Gasteiger partial charge in [0.25, 0.3) is 15.9 Å². The Bertz CT molecular complexity index is 828. The van der Waals surface area contributed by atoms with Crippen molar-refractivity contribution in [1.29, 1.82) is 0 Å². The highest BCUT2D eigenvalue weighted by atomic mass is 32.2. The zero-order valence-corrected chi connectivity index (χ0v) is 11.7. The number of benzene rings is 2. The molecule has 0 unspecified atom stereocenters. The van der Waals surface area contributed by atoms with E-state index in [0.29, 0.717) is 9.87 Å². The highest BCUT2D eigenvalue weighted by Crippen LogP contribution is 2.30. The van der Waals surface area contributed by atoms with Gasteiger partial charge in [-0.25, -0.2) is 8.42 Å². The van der Waals surface area contributed by atoms with Crippen LogP contribution in [0.1, 0.15) is 15.9 Å². The number of carbonyl (C=O) groups is 2. The van der Waals surface area contributed by atoms with E-state index in [4.69, 9.17) is 0 Å². The van der Waals surface area contributed by atoms with Crippen LogP contribution >= 0.6 is 0 Å². The van der Waals surface area contributed by atoms with Crippen molar-refractivity contribution in [2.45, 2.75) is 11.3 Å². The van der Waals surface area contributed by atoms with Gasteiger partial charge in [0.05, 0.1) is 12.0 Å². The predicted octanol–water partition coefficient (Wildman–Crippen LogP) is 1.60. The smallest absolute Gasteiger partial charge is 0.273 e. The van der Waals surface area contributed by atoms with Crippen LogP contribution in [0.4, 0.5) is 0 Å². The monoisotopic (exact) mass is 301 g/mol. The third-order valence-corrected chi connectivity index (χ3v) is 5.01. The lowest BCUT2D eigenvalue weighted by atomic mass is 10.1. The molecule has 0 fully saturated rings. The molecule has 0 N–H and O–H groups in total. The van der Waals surface area contributed by atoms with Crippen LogP contribution in [0.15, 0.2) is 59.5 Å². The van der Waals surface area contributed by atoms with Crippen LogP contribution in [0.5, 0.6) is 0 Å². The van der Waals surface area contributed by atoms with E-state index in [1.807, 2.05) is 0 Å². The Morgan fingerprint density at radius 1 is 0.952 bits per heavy atom. The first kappa shape index (κ1) is 13.5. The van der Waals surface area contributed by atoms with Crippen LogP contribution < -0.4 is 0 Å². The standard InChI is InChI=1S/C15H11NO4S/c17-14(10-11-6-2-1-3-7-11)16-15(18)12-8-4-5-9-13(12)21(16,19)20/h1-9H,10H2. The summed E-state index contributed by atoms with van der Waals surface area (Å²) in [6.07, 6.45) is -0.139. The van der Waals surface area contributed by atoms with Gasteiger partial charge >= 0.3 is 0 Å². The van der Waals surface area contributed by atoms with E-state index in [9.17, 15) is 18.0 Å². The van der Waals surface area contributed by atoms with Gasteiger partial charge in [0.15, 0.2) is 0 Å². The van der Waals surface area contributed by atoms with Gasteiger partial charge in [-0.3, -0.25) is 9.59 Å². The third kappa shape index (κ3) is 2.13. The normalized spacial score (nSPS) is 15.8. The maximum atomic E-state index is 12.3. The van der Waals surface area contributed by atoms with E-state index in [2.05, 4.69) is 0 Å². The highest BCUT2D eigenvalue weighted by Gasteiger charge is 2.44. The van der Waals surface area contributed by atoms with Gasteiger partial charge in [-0.05, 0) is 17.7 Å². The number of sulfonamides is 1. The average molecular weight is 301 g/mol. The lowest BCUT2D eigenvalue weighted by Gasteiger charge is -2.13. The van der Waals surface area contributed by atoms with Crippen molar-refractivity contribution in [2.24, 2.45) is 0 Å². The summed E-state index contributed by atoms with van der Waals surface area (Å²) < 4.78 is 25.0. The molecule has 0 bridgehead atoms. The second kappa shape index (κ2) is 4.82. The van der Waals surface area contributed by atoms with Crippen molar-refractivity contribution >= 4 is 21.8 Å². The van der Waals surface area contributed by atoms with E-state index in [-0.39, 0.29) is 16.9 Å². The molecule has 0 aliphatic carbocycles. The zero-order chi connectivity index (χ0) is 15.0. The Labute approximate surface area is 121 Å². The second-order valence-electron chi connectivity index (χ2n) is 4.63. The van der Waals surface area contributed by atoms with E-state index < -0.39 is 21.8 Å². The first-order valence-corrected chi connectivity index (χ1v) is 7.71. The first-order valence-electron chi connectivity index (χ1n) is 6.27. The average Bonchev–Trinajstić information content (AvgIpc) is 2.68. The SMILES string of the molecule is O=C(Cc1ccccc1)N1C(=O)c2ccccc2S1(=O)=O. The molecule has 0 radical (unpaired) electrons. The largest absolute Gasteiger partial charge is 0.276 e. The number of carbonyl (C=O) groups excluding carboxylic acids is 2. The van der Waals surface area contributed by atoms with Gasteiger partial charge in [0.1, 0.15) is 4.90 Å². The molecule has 6 heteroatoms. The maximum absolute atomic E-state index is 12.3. The van der Waals surface area contributed by atoms with Crippen molar-refractivity contribution < 1.29 is 18.0 Å². The Hall–Kier alpha value is -2.47. The molecule has 106 valence electrons. The number of imide groups is 1. The van der Waals surface area contributed by atoms with Crippen molar-refractivity contribution in [3.8, 4) is 0 Å². The summed E-state index contributed by atoms with van der Waals surface area (Å²) in [5.41, 5.74) is 0.695.